The second-order valence-electron chi connectivity index (χ2n) is 7.39. The maximum atomic E-state index is 13.5. The van der Waals surface area contributed by atoms with E-state index in [-0.39, 0.29) is 10.6 Å². The number of phenolic OH excluding ortho intramolecular Hbond substituents is 1. The summed E-state index contributed by atoms with van der Waals surface area (Å²) in [5.74, 6) is -0.147. The molecule has 0 aliphatic heterocycles. The summed E-state index contributed by atoms with van der Waals surface area (Å²) in [7, 11) is -2.63. The standard InChI is InChI=1S/C24H24BrN3O5S/c1-16-8-10-18(11-9-16)28(34(31,32)19-12-13-23(33-3)21(25)14-19)15-24(30)27-26-17(2)20-6-4-5-7-22(20)29/h4-14,29H,15H2,1-3H3,(H,27,30)/b26-17-. The van der Waals surface area contributed by atoms with Gasteiger partial charge in [-0.1, -0.05) is 29.8 Å². The number of hydrogen-bond donors (Lipinski definition) is 2. The molecule has 0 radical (unpaired) electrons. The van der Waals surface area contributed by atoms with Crippen LogP contribution in [0.25, 0.3) is 0 Å². The molecule has 1 amide bonds. The van der Waals surface area contributed by atoms with Crippen LogP contribution >= 0.6 is 15.9 Å². The summed E-state index contributed by atoms with van der Waals surface area (Å²) < 4.78 is 33.7. The average Bonchev–Trinajstić information content (AvgIpc) is 2.81. The highest BCUT2D eigenvalue weighted by molar-refractivity contribution is 9.10. The summed E-state index contributed by atoms with van der Waals surface area (Å²) in [6.07, 6.45) is 0. The molecule has 0 heterocycles. The van der Waals surface area contributed by atoms with Gasteiger partial charge < -0.3 is 9.84 Å². The topological polar surface area (TPSA) is 108 Å². The number of amides is 1. The van der Waals surface area contributed by atoms with Gasteiger partial charge in [0.2, 0.25) is 0 Å². The van der Waals surface area contributed by atoms with Gasteiger partial charge in [0.1, 0.15) is 18.0 Å². The van der Waals surface area contributed by atoms with Gasteiger partial charge in [-0.3, -0.25) is 9.10 Å². The van der Waals surface area contributed by atoms with E-state index in [1.165, 1.54) is 31.4 Å². The molecular formula is C24H24BrN3O5S. The van der Waals surface area contributed by atoms with Crippen molar-refractivity contribution in [1.29, 1.82) is 0 Å². The van der Waals surface area contributed by atoms with E-state index in [0.29, 0.717) is 27.2 Å². The smallest absolute Gasteiger partial charge is 0.264 e. The van der Waals surface area contributed by atoms with E-state index < -0.39 is 22.5 Å². The van der Waals surface area contributed by atoms with Gasteiger partial charge in [0.05, 0.1) is 27.9 Å². The summed E-state index contributed by atoms with van der Waals surface area (Å²) in [6, 6.07) is 17.7. The van der Waals surface area contributed by atoms with Crippen LogP contribution in [0.2, 0.25) is 0 Å². The molecule has 3 aromatic rings. The Labute approximate surface area is 207 Å². The van der Waals surface area contributed by atoms with Crippen molar-refractivity contribution >= 4 is 43.3 Å². The Morgan fingerprint density at radius 3 is 2.41 bits per heavy atom. The Balaban J connectivity index is 1.91. The van der Waals surface area contributed by atoms with Gasteiger partial charge in [-0.25, -0.2) is 13.8 Å². The Hall–Kier alpha value is -3.37. The van der Waals surface area contributed by atoms with E-state index in [1.807, 2.05) is 6.92 Å². The third kappa shape index (κ3) is 5.75. The van der Waals surface area contributed by atoms with Crippen molar-refractivity contribution in [2.75, 3.05) is 18.0 Å². The van der Waals surface area contributed by atoms with Crippen molar-refractivity contribution < 1.29 is 23.1 Å². The molecule has 3 aromatic carbocycles. The molecular weight excluding hydrogens is 522 g/mol. The van der Waals surface area contributed by atoms with E-state index in [0.717, 1.165) is 9.87 Å². The van der Waals surface area contributed by atoms with Crippen molar-refractivity contribution in [3.63, 3.8) is 0 Å². The minimum absolute atomic E-state index is 0.0116. The van der Waals surface area contributed by atoms with Crippen molar-refractivity contribution in [3.05, 3.63) is 82.3 Å². The zero-order chi connectivity index (χ0) is 24.9. The highest BCUT2D eigenvalue weighted by Gasteiger charge is 2.28. The number of nitrogens with one attached hydrogen (secondary N) is 1. The molecule has 0 bridgehead atoms. The van der Waals surface area contributed by atoms with E-state index in [2.05, 4.69) is 26.5 Å². The first-order chi connectivity index (χ1) is 16.1. The Kier molecular flexibility index (Phi) is 7.95. The van der Waals surface area contributed by atoms with Crippen LogP contribution < -0.4 is 14.5 Å². The first kappa shape index (κ1) is 25.3. The quantitative estimate of drug-likeness (QED) is 0.325. The maximum Gasteiger partial charge on any atom is 0.264 e. The number of benzene rings is 3. The van der Waals surface area contributed by atoms with Gasteiger partial charge >= 0.3 is 0 Å². The second kappa shape index (κ2) is 10.7. The number of aryl methyl sites for hydroxylation is 1. The number of sulfonamides is 1. The molecule has 34 heavy (non-hydrogen) atoms. The molecule has 10 heteroatoms. The van der Waals surface area contributed by atoms with Crippen LogP contribution in [-0.2, 0) is 14.8 Å². The molecule has 0 atom stereocenters. The van der Waals surface area contributed by atoms with Crippen LogP contribution in [0.15, 0.2) is 81.2 Å². The van der Waals surface area contributed by atoms with Crippen LogP contribution in [-0.4, -0.2) is 38.8 Å². The molecule has 0 aromatic heterocycles. The number of methoxy groups -OCH3 is 1. The lowest BCUT2D eigenvalue weighted by Gasteiger charge is -2.24. The van der Waals surface area contributed by atoms with Crippen molar-refractivity contribution in [3.8, 4) is 11.5 Å². The number of carbonyl (C=O) groups is 1. The third-order valence-corrected chi connectivity index (χ3v) is 7.35. The first-order valence-corrected chi connectivity index (χ1v) is 12.4. The molecule has 0 unspecified atom stereocenters. The van der Waals surface area contributed by atoms with Gasteiger partial charge in [0.15, 0.2) is 0 Å². The van der Waals surface area contributed by atoms with Crippen LogP contribution in [0.4, 0.5) is 5.69 Å². The highest BCUT2D eigenvalue weighted by Crippen LogP contribution is 2.30. The Morgan fingerprint density at radius 2 is 1.79 bits per heavy atom. The van der Waals surface area contributed by atoms with Crippen LogP contribution in [0.3, 0.4) is 0 Å². The van der Waals surface area contributed by atoms with Crippen molar-refractivity contribution in [2.24, 2.45) is 5.10 Å². The number of anilines is 1. The van der Waals surface area contributed by atoms with Crippen molar-refractivity contribution in [1.82, 2.24) is 5.43 Å². The van der Waals surface area contributed by atoms with E-state index in [1.54, 1.807) is 49.4 Å². The number of carbonyl (C=O) groups excluding carboxylic acids is 1. The fraction of sp³-hybridized carbons (Fsp3) is 0.167. The van der Waals surface area contributed by atoms with Crippen molar-refractivity contribution in [2.45, 2.75) is 18.7 Å². The Bertz CT molecular complexity index is 1320. The maximum absolute atomic E-state index is 13.5. The lowest BCUT2D eigenvalue weighted by Crippen LogP contribution is -2.39. The van der Waals surface area contributed by atoms with Crippen LogP contribution in [0.5, 0.6) is 11.5 Å². The molecule has 0 aliphatic rings. The zero-order valence-electron chi connectivity index (χ0n) is 18.8. The highest BCUT2D eigenvalue weighted by atomic mass is 79.9. The predicted molar refractivity (Wildman–Crippen MR) is 135 cm³/mol. The number of halogens is 1. The molecule has 3 rings (SSSR count). The number of aromatic hydroxyl groups is 1. The Morgan fingerprint density at radius 1 is 1.12 bits per heavy atom. The SMILES string of the molecule is COc1ccc(S(=O)(=O)N(CC(=O)N/N=C(/C)c2ccccc2O)c2ccc(C)cc2)cc1Br. The summed E-state index contributed by atoms with van der Waals surface area (Å²) >= 11 is 3.31. The normalized spacial score (nSPS) is 11.7. The van der Waals surface area contributed by atoms with E-state index in [9.17, 15) is 18.3 Å². The molecule has 0 spiro atoms. The minimum Gasteiger partial charge on any atom is -0.507 e. The zero-order valence-corrected chi connectivity index (χ0v) is 21.2. The monoisotopic (exact) mass is 545 g/mol. The predicted octanol–water partition coefficient (Wildman–Crippen LogP) is 4.21. The molecule has 0 fully saturated rings. The van der Waals surface area contributed by atoms with Crippen LogP contribution in [0, 0.1) is 6.92 Å². The van der Waals surface area contributed by atoms with Gasteiger partial charge in [-0.05, 0) is 72.2 Å². The summed E-state index contributed by atoms with van der Waals surface area (Å²) in [5, 5.41) is 14.0. The molecule has 2 N–H and O–H groups in total. The fourth-order valence-electron chi connectivity index (χ4n) is 3.11. The molecule has 178 valence electrons. The molecule has 0 saturated heterocycles. The summed E-state index contributed by atoms with van der Waals surface area (Å²) in [4.78, 5) is 12.7. The van der Waals surface area contributed by atoms with E-state index in [4.69, 9.17) is 4.74 Å². The van der Waals surface area contributed by atoms with Gasteiger partial charge in [-0.2, -0.15) is 5.10 Å². The summed E-state index contributed by atoms with van der Waals surface area (Å²) in [5.41, 5.74) is 4.47. The van der Waals surface area contributed by atoms with Gasteiger partial charge in [-0.15, -0.1) is 0 Å². The first-order valence-electron chi connectivity index (χ1n) is 10.2. The summed E-state index contributed by atoms with van der Waals surface area (Å²) in [6.45, 7) is 3.00. The molecule has 8 nitrogen and oxygen atoms in total. The number of para-hydroxylation sites is 1. The minimum atomic E-state index is -4.11. The number of nitrogens with zero attached hydrogens (tertiary/aromatic N) is 2. The number of hydrogen-bond acceptors (Lipinski definition) is 6. The van der Waals surface area contributed by atoms with Crippen LogP contribution in [0.1, 0.15) is 18.1 Å². The van der Waals surface area contributed by atoms with Gasteiger partial charge in [0, 0.05) is 5.56 Å². The van der Waals surface area contributed by atoms with Gasteiger partial charge in [0.25, 0.3) is 15.9 Å². The second-order valence-corrected chi connectivity index (χ2v) is 10.1. The number of rotatable bonds is 8. The average molecular weight is 546 g/mol. The van der Waals surface area contributed by atoms with E-state index >= 15 is 0 Å². The molecule has 0 aliphatic carbocycles. The number of hydrazone groups is 1. The lowest BCUT2D eigenvalue weighted by molar-refractivity contribution is -0.119. The largest absolute Gasteiger partial charge is 0.507 e. The number of ether oxygens (including phenoxy) is 1. The lowest BCUT2D eigenvalue weighted by atomic mass is 10.1. The molecule has 0 saturated carbocycles. The number of phenols is 1. The third-order valence-electron chi connectivity index (χ3n) is 4.96. The fourth-order valence-corrected chi connectivity index (χ4v) is 5.25.